The summed E-state index contributed by atoms with van der Waals surface area (Å²) in [5.41, 5.74) is 3.45. The van der Waals surface area contributed by atoms with E-state index in [-0.39, 0.29) is 53.4 Å². The first-order chi connectivity index (χ1) is 16.0. The van der Waals surface area contributed by atoms with E-state index in [1.807, 2.05) is 31.2 Å². The van der Waals surface area contributed by atoms with Gasteiger partial charge in [0.2, 0.25) is 0 Å². The largest absolute Gasteiger partial charge is 1.00 e. The number of hydrogen-bond acceptors (Lipinski definition) is 6. The van der Waals surface area contributed by atoms with Gasteiger partial charge in [-0.3, -0.25) is 0 Å². The second-order valence-corrected chi connectivity index (χ2v) is 10.2. The van der Waals surface area contributed by atoms with Crippen LogP contribution in [0.4, 0.5) is 0 Å². The summed E-state index contributed by atoms with van der Waals surface area (Å²) in [5.74, 6) is -0.655. The topological polar surface area (TPSA) is 71.5 Å². The molecule has 5 nitrogen and oxygen atoms in total. The fraction of sp³-hybridized carbons (Fsp3) is 0.333. The van der Waals surface area contributed by atoms with Gasteiger partial charge in [0.25, 0.3) is 0 Å². The third-order valence-electron chi connectivity index (χ3n) is 6.96. The molecule has 168 valence electrons. The molecule has 2 aliphatic rings. The molecule has 2 aliphatic heterocycles. The predicted molar refractivity (Wildman–Crippen MR) is 128 cm³/mol. The van der Waals surface area contributed by atoms with Crippen molar-refractivity contribution in [2.24, 2.45) is 0 Å². The predicted octanol–water partition coefficient (Wildman–Crippen LogP) is 2.19. The summed E-state index contributed by atoms with van der Waals surface area (Å²) in [6, 6.07) is 13.7. The summed E-state index contributed by atoms with van der Waals surface area (Å²) in [7, 11) is 0. The Morgan fingerprint density at radius 3 is 2.56 bits per heavy atom. The molecule has 2 saturated heterocycles. The van der Waals surface area contributed by atoms with E-state index < -0.39 is 5.97 Å². The quantitative estimate of drug-likeness (QED) is 0.418. The van der Waals surface area contributed by atoms with Crippen molar-refractivity contribution in [2.45, 2.75) is 57.8 Å². The van der Waals surface area contributed by atoms with E-state index in [1.165, 1.54) is 0 Å². The Labute approximate surface area is 224 Å². The summed E-state index contributed by atoms with van der Waals surface area (Å²) < 4.78 is 13.5. The number of hydrogen-bond donors (Lipinski definition) is 0. The summed E-state index contributed by atoms with van der Waals surface area (Å²) in [5, 5.41) is 14.0. The first-order valence-corrected chi connectivity index (χ1v) is 12.3. The number of ether oxygens (including phenoxy) is 2. The summed E-state index contributed by atoms with van der Waals surface area (Å²) in [6.45, 7) is 4.01. The molecule has 0 saturated carbocycles. The zero-order valence-corrected chi connectivity index (χ0v) is 22.4. The van der Waals surface area contributed by atoms with Crippen molar-refractivity contribution in [3.8, 4) is 16.3 Å². The molecule has 2 unspecified atom stereocenters. The minimum absolute atomic E-state index is 0. The van der Waals surface area contributed by atoms with Gasteiger partial charge in [0.05, 0.1) is 39.7 Å². The van der Waals surface area contributed by atoms with E-state index >= 15 is 0 Å². The van der Waals surface area contributed by atoms with Crippen LogP contribution >= 0.6 is 11.3 Å². The molecule has 2 aromatic carbocycles. The van der Waals surface area contributed by atoms with Crippen molar-refractivity contribution in [1.29, 1.82) is 0 Å². The van der Waals surface area contributed by atoms with Crippen molar-refractivity contribution in [1.82, 2.24) is 4.98 Å². The molecule has 6 rings (SSSR count). The number of carboxylic acid groups (broad SMARTS) is 1. The number of fused-ring (bicyclic) bond motifs is 4. The van der Waals surface area contributed by atoms with Crippen LogP contribution in [-0.2, 0) is 4.74 Å². The van der Waals surface area contributed by atoms with Crippen LogP contribution in [0.15, 0.2) is 42.5 Å². The minimum Gasteiger partial charge on any atom is -0.545 e. The normalized spacial score (nSPS) is 21.5. The smallest absolute Gasteiger partial charge is 0.545 e. The van der Waals surface area contributed by atoms with Crippen LogP contribution in [-0.4, -0.2) is 29.3 Å². The molecule has 0 spiro atoms. The average Bonchev–Trinajstić information content (AvgIpc) is 3.33. The number of carboxylic acids is 1. The van der Waals surface area contributed by atoms with Gasteiger partial charge in [-0.15, -0.1) is 11.3 Å². The number of pyridine rings is 1. The van der Waals surface area contributed by atoms with Gasteiger partial charge in [-0.05, 0) is 61.4 Å². The van der Waals surface area contributed by atoms with Crippen LogP contribution in [0.3, 0.4) is 0 Å². The van der Waals surface area contributed by atoms with E-state index in [0.717, 1.165) is 51.8 Å². The van der Waals surface area contributed by atoms with Crippen molar-refractivity contribution < 1.29 is 48.9 Å². The first-order valence-electron chi connectivity index (χ1n) is 11.4. The van der Waals surface area contributed by atoms with Gasteiger partial charge >= 0.3 is 29.6 Å². The fourth-order valence-electron chi connectivity index (χ4n) is 5.32. The van der Waals surface area contributed by atoms with Gasteiger partial charge < -0.3 is 19.4 Å². The SMILES string of the molecule is Cc1c(-c2cc(C(=O)[O-])c3c(OC4CC5CCC(C4)O5)ccc(C)c3n2)sc2ccccc12.[Na+]. The Bertz CT molecular complexity index is 1400. The molecule has 7 heteroatoms. The number of aromatic carboxylic acids is 1. The Kier molecular flexibility index (Phi) is 6.46. The van der Waals surface area contributed by atoms with Crippen LogP contribution in [0.25, 0.3) is 31.6 Å². The van der Waals surface area contributed by atoms with Gasteiger partial charge in [-0.1, -0.05) is 24.3 Å². The monoisotopic (exact) mass is 481 g/mol. The molecule has 4 aromatic rings. The maximum atomic E-state index is 12.3. The molecule has 2 fully saturated rings. The number of carbonyl (C=O) groups is 1. The maximum Gasteiger partial charge on any atom is 1.00 e. The van der Waals surface area contributed by atoms with Crippen LogP contribution in [0.5, 0.6) is 5.75 Å². The van der Waals surface area contributed by atoms with E-state index in [1.54, 1.807) is 17.4 Å². The van der Waals surface area contributed by atoms with Crippen LogP contribution in [0, 0.1) is 13.8 Å². The Balaban J connectivity index is 0.00000241. The third kappa shape index (κ3) is 4.06. The van der Waals surface area contributed by atoms with Crippen LogP contribution in [0.1, 0.15) is 47.2 Å². The second kappa shape index (κ2) is 9.25. The maximum absolute atomic E-state index is 12.3. The molecule has 34 heavy (non-hydrogen) atoms. The molecule has 2 atom stereocenters. The molecule has 2 aromatic heterocycles. The molecule has 0 aliphatic carbocycles. The molecular formula is C27H24NNaO4S. The van der Waals surface area contributed by atoms with Gasteiger partial charge in [0.1, 0.15) is 11.9 Å². The van der Waals surface area contributed by atoms with E-state index in [9.17, 15) is 9.90 Å². The minimum atomic E-state index is -1.22. The van der Waals surface area contributed by atoms with Crippen molar-refractivity contribution in [3.05, 3.63) is 59.2 Å². The number of aryl methyl sites for hydroxylation is 2. The zero-order valence-electron chi connectivity index (χ0n) is 19.6. The van der Waals surface area contributed by atoms with Gasteiger partial charge in [-0.25, -0.2) is 4.98 Å². The van der Waals surface area contributed by atoms with Crippen LogP contribution in [0.2, 0.25) is 0 Å². The Morgan fingerprint density at radius 1 is 1.12 bits per heavy atom. The van der Waals surface area contributed by atoms with E-state index in [2.05, 4.69) is 19.1 Å². The Morgan fingerprint density at radius 2 is 1.85 bits per heavy atom. The summed E-state index contributed by atoms with van der Waals surface area (Å²) in [4.78, 5) is 18.2. The molecule has 0 N–H and O–H groups in total. The molecule has 0 radical (unpaired) electrons. The first kappa shape index (κ1) is 23.8. The van der Waals surface area contributed by atoms with Gasteiger partial charge in [-0.2, -0.15) is 0 Å². The molecule has 0 amide bonds. The Hall–Kier alpha value is -1.96. The van der Waals surface area contributed by atoms with Crippen molar-refractivity contribution in [2.75, 3.05) is 0 Å². The molecular weight excluding hydrogens is 457 g/mol. The van der Waals surface area contributed by atoms with E-state index in [4.69, 9.17) is 14.5 Å². The van der Waals surface area contributed by atoms with Crippen molar-refractivity contribution >= 4 is 38.3 Å². The fourth-order valence-corrected chi connectivity index (χ4v) is 6.49. The standard InChI is InChI=1S/C27H25NO4S.Na/c1-14-7-10-22(32-18-11-16-8-9-17(12-18)31-16)24-20(27(29)30)13-21(28-25(14)24)26-15(2)19-5-3-4-6-23(19)33-26;/h3-7,10,13,16-18H,8-9,11-12H2,1-2H3,(H,29,30);/q;+1/p-1. The van der Waals surface area contributed by atoms with Gasteiger partial charge in [0.15, 0.2) is 0 Å². The number of aromatic nitrogens is 1. The number of benzene rings is 2. The molecule has 4 heterocycles. The van der Waals surface area contributed by atoms with Gasteiger partial charge in [0, 0.05) is 23.1 Å². The third-order valence-corrected chi connectivity index (χ3v) is 8.26. The van der Waals surface area contributed by atoms with Crippen LogP contribution < -0.4 is 39.4 Å². The number of rotatable bonds is 4. The summed E-state index contributed by atoms with van der Waals surface area (Å²) in [6.07, 6.45) is 4.31. The summed E-state index contributed by atoms with van der Waals surface area (Å²) >= 11 is 1.63. The molecule has 2 bridgehead atoms. The number of nitrogens with zero attached hydrogens (tertiary/aromatic N) is 1. The van der Waals surface area contributed by atoms with Crippen molar-refractivity contribution in [3.63, 3.8) is 0 Å². The average molecular weight is 482 g/mol. The zero-order chi connectivity index (χ0) is 22.7. The number of thiophene rings is 1. The number of carbonyl (C=O) groups excluding carboxylic acids is 1. The van der Waals surface area contributed by atoms with E-state index in [0.29, 0.717) is 22.3 Å². The second-order valence-electron chi connectivity index (χ2n) is 9.17.